The van der Waals surface area contributed by atoms with Crippen LogP contribution in [0.4, 0.5) is 87.8 Å². The Bertz CT molecular complexity index is 849. The molecule has 0 aliphatic rings. The highest BCUT2D eigenvalue weighted by molar-refractivity contribution is 7.87. The van der Waals surface area contributed by atoms with Gasteiger partial charge in [-0.05, 0) is 0 Å². The second kappa shape index (κ2) is 8.01. The molecule has 206 valence electrons. The van der Waals surface area contributed by atoms with Crippen molar-refractivity contribution in [3.63, 3.8) is 0 Å². The van der Waals surface area contributed by atoms with E-state index >= 15 is 0 Å². The molecule has 0 amide bonds. The Morgan fingerprint density at radius 1 is 0.441 bits per heavy atom. The Labute approximate surface area is 171 Å². The minimum absolute atomic E-state index is 2.14. The molecular weight excluding hydrogens is 580 g/mol. The van der Waals surface area contributed by atoms with Crippen molar-refractivity contribution in [1.29, 1.82) is 0 Å². The van der Waals surface area contributed by atoms with Gasteiger partial charge in [0, 0.05) is 0 Å². The highest BCUT2D eigenvalue weighted by atomic mass is 32.2. The molecule has 0 saturated heterocycles. The standard InChI is InChI=1S/C10H2F20O3S/c11-2(12,1-33-34(31,32)10(28,29)30)3(13,14)4(15,16)5(17,18)6(19,20)7(21,22)8(23,24)9(25,26)27/h1H2. The second-order valence-electron chi connectivity index (χ2n) is 5.81. The lowest BCUT2D eigenvalue weighted by molar-refractivity contribution is -0.462. The monoisotopic (exact) mass is 582 g/mol. The fourth-order valence-corrected chi connectivity index (χ4v) is 1.94. The first-order chi connectivity index (χ1) is 14.2. The number of halogens is 20. The van der Waals surface area contributed by atoms with Gasteiger partial charge in [-0.25, -0.2) is 0 Å². The van der Waals surface area contributed by atoms with Gasteiger partial charge in [-0.3, -0.25) is 4.18 Å². The minimum atomic E-state index is -8.95. The zero-order valence-electron chi connectivity index (χ0n) is 14.4. The van der Waals surface area contributed by atoms with E-state index in [0.29, 0.717) is 0 Å². The quantitative estimate of drug-likeness (QED) is 0.195. The van der Waals surface area contributed by atoms with E-state index in [-0.39, 0.29) is 0 Å². The Kier molecular flexibility index (Phi) is 7.66. The van der Waals surface area contributed by atoms with Crippen molar-refractivity contribution in [3.8, 4) is 0 Å². The van der Waals surface area contributed by atoms with Crippen molar-refractivity contribution in [3.05, 3.63) is 0 Å². The molecule has 0 aliphatic carbocycles. The Morgan fingerprint density at radius 3 is 0.971 bits per heavy atom. The molecular formula is C10H2F20O3S. The molecule has 0 fully saturated rings. The predicted molar refractivity (Wildman–Crippen MR) is 61.6 cm³/mol. The summed E-state index contributed by atoms with van der Waals surface area (Å²) < 4.78 is 277. The summed E-state index contributed by atoms with van der Waals surface area (Å²) in [4.78, 5) is 0. The third kappa shape index (κ3) is 4.42. The highest BCUT2D eigenvalue weighted by Gasteiger charge is 2.95. The Hall–Kier alpha value is -1.49. The molecule has 0 spiro atoms. The lowest BCUT2D eigenvalue weighted by atomic mass is 9.89. The molecule has 0 atom stereocenters. The molecule has 24 heteroatoms. The van der Waals surface area contributed by atoms with Gasteiger partial charge in [-0.2, -0.15) is 96.2 Å². The summed E-state index contributed by atoms with van der Waals surface area (Å²) in [7, 11) is -7.40. The van der Waals surface area contributed by atoms with E-state index in [4.69, 9.17) is 0 Å². The minimum Gasteiger partial charge on any atom is -0.257 e. The first kappa shape index (κ1) is 32.5. The van der Waals surface area contributed by atoms with Gasteiger partial charge in [0.25, 0.3) is 0 Å². The fourth-order valence-electron chi connectivity index (χ4n) is 1.51. The summed E-state index contributed by atoms with van der Waals surface area (Å²) in [6.07, 6.45) is -7.95. The molecule has 0 aromatic heterocycles. The van der Waals surface area contributed by atoms with E-state index in [2.05, 4.69) is 4.18 Å². The van der Waals surface area contributed by atoms with Crippen LogP contribution in [0.25, 0.3) is 0 Å². The normalized spacial score (nSPS) is 16.7. The van der Waals surface area contributed by atoms with Crippen molar-refractivity contribution < 1.29 is 100 Å². The summed E-state index contributed by atoms with van der Waals surface area (Å²) >= 11 is 0. The summed E-state index contributed by atoms with van der Waals surface area (Å²) in [6.45, 7) is -4.21. The van der Waals surface area contributed by atoms with Crippen LogP contribution in [0.15, 0.2) is 0 Å². The SMILES string of the molecule is O=S(=O)(OCC(F)(F)C(F)(F)C(F)(F)C(F)(F)C(F)(F)C(F)(F)C(F)(F)C(F)(F)F)C(F)(F)F. The van der Waals surface area contributed by atoms with Gasteiger partial charge >= 0.3 is 63.3 Å². The lowest BCUT2D eigenvalue weighted by Gasteiger charge is -2.42. The van der Waals surface area contributed by atoms with Crippen LogP contribution in [0.1, 0.15) is 0 Å². The van der Waals surface area contributed by atoms with Crippen LogP contribution in [0, 0.1) is 0 Å². The topological polar surface area (TPSA) is 43.4 Å². The number of alkyl halides is 20. The molecule has 0 saturated carbocycles. The van der Waals surface area contributed by atoms with E-state index in [1.165, 1.54) is 0 Å². The van der Waals surface area contributed by atoms with Gasteiger partial charge in [0.1, 0.15) is 6.61 Å². The Balaban J connectivity index is 6.61. The first-order valence-corrected chi connectivity index (χ1v) is 8.28. The van der Waals surface area contributed by atoms with Crippen LogP contribution in [0.5, 0.6) is 0 Å². The molecule has 0 bridgehead atoms. The van der Waals surface area contributed by atoms with Crippen LogP contribution >= 0.6 is 0 Å². The predicted octanol–water partition coefficient (Wildman–Crippen LogP) is 5.86. The third-order valence-electron chi connectivity index (χ3n) is 3.47. The van der Waals surface area contributed by atoms with E-state index in [9.17, 15) is 96.2 Å². The largest absolute Gasteiger partial charge is 0.523 e. The smallest absolute Gasteiger partial charge is 0.257 e. The zero-order valence-corrected chi connectivity index (χ0v) is 15.2. The van der Waals surface area contributed by atoms with Crippen LogP contribution in [0.3, 0.4) is 0 Å². The van der Waals surface area contributed by atoms with Crippen molar-refractivity contribution in [1.82, 2.24) is 0 Å². The van der Waals surface area contributed by atoms with Crippen LogP contribution in [0.2, 0.25) is 0 Å². The Morgan fingerprint density at radius 2 is 0.706 bits per heavy atom. The molecule has 0 aromatic carbocycles. The maximum atomic E-state index is 13.3. The number of hydrogen-bond donors (Lipinski definition) is 0. The van der Waals surface area contributed by atoms with E-state index in [0.717, 1.165) is 0 Å². The van der Waals surface area contributed by atoms with Gasteiger partial charge in [0.05, 0.1) is 0 Å². The summed E-state index contributed by atoms with van der Waals surface area (Å²) in [6, 6.07) is 0. The second-order valence-corrected chi connectivity index (χ2v) is 7.42. The number of rotatable bonds is 9. The van der Waals surface area contributed by atoms with Gasteiger partial charge in [-0.1, -0.05) is 0 Å². The summed E-state index contributed by atoms with van der Waals surface area (Å²) in [5.41, 5.74) is -6.76. The zero-order chi connectivity index (χ0) is 28.4. The molecule has 0 rings (SSSR count). The molecule has 0 radical (unpaired) electrons. The molecule has 0 aliphatic heterocycles. The molecule has 0 N–H and O–H groups in total. The molecule has 3 nitrogen and oxygen atoms in total. The van der Waals surface area contributed by atoms with E-state index in [1.54, 1.807) is 0 Å². The van der Waals surface area contributed by atoms with Crippen molar-refractivity contribution in [2.45, 2.75) is 53.1 Å². The third-order valence-corrected chi connectivity index (χ3v) is 4.46. The average molecular weight is 582 g/mol. The van der Waals surface area contributed by atoms with Crippen LogP contribution in [-0.2, 0) is 14.3 Å². The maximum absolute atomic E-state index is 13.3. The van der Waals surface area contributed by atoms with E-state index in [1.807, 2.05) is 0 Å². The summed E-state index contributed by atoms with van der Waals surface area (Å²) in [5, 5.41) is 0. The van der Waals surface area contributed by atoms with Gasteiger partial charge in [0.2, 0.25) is 0 Å². The molecule has 34 heavy (non-hydrogen) atoms. The number of hydrogen-bond acceptors (Lipinski definition) is 3. The summed E-state index contributed by atoms with van der Waals surface area (Å²) in [5.74, 6) is -59.6. The van der Waals surface area contributed by atoms with Gasteiger partial charge in [0.15, 0.2) is 0 Å². The highest BCUT2D eigenvalue weighted by Crippen LogP contribution is 2.63. The van der Waals surface area contributed by atoms with Gasteiger partial charge in [-0.15, -0.1) is 0 Å². The van der Waals surface area contributed by atoms with Gasteiger partial charge < -0.3 is 0 Å². The van der Waals surface area contributed by atoms with Crippen molar-refractivity contribution in [2.75, 3.05) is 6.61 Å². The molecule has 0 unspecified atom stereocenters. The first-order valence-electron chi connectivity index (χ1n) is 6.88. The molecule has 0 heterocycles. The van der Waals surface area contributed by atoms with Crippen molar-refractivity contribution >= 4 is 10.1 Å². The van der Waals surface area contributed by atoms with E-state index < -0.39 is 69.9 Å². The van der Waals surface area contributed by atoms with Crippen molar-refractivity contribution in [2.24, 2.45) is 0 Å². The maximum Gasteiger partial charge on any atom is 0.523 e. The van der Waals surface area contributed by atoms with Crippen LogP contribution in [-0.4, -0.2) is 68.2 Å². The fraction of sp³-hybridized carbons (Fsp3) is 1.00. The lowest BCUT2D eigenvalue weighted by Crippen LogP contribution is -2.74. The molecule has 0 aromatic rings. The average Bonchev–Trinajstić information content (AvgIpc) is 2.57. The van der Waals surface area contributed by atoms with Crippen LogP contribution < -0.4 is 0 Å².